The monoisotopic (exact) mass is 411 g/mol. The van der Waals surface area contributed by atoms with Gasteiger partial charge in [0.05, 0.1) is 11.8 Å². The summed E-state index contributed by atoms with van der Waals surface area (Å²) in [5.41, 5.74) is 3.54. The van der Waals surface area contributed by atoms with E-state index in [1.807, 2.05) is 37.3 Å². The number of aryl methyl sites for hydroxylation is 2. The van der Waals surface area contributed by atoms with Crippen LogP contribution < -0.4 is 0 Å². The topological polar surface area (TPSA) is 86.4 Å². The molecule has 0 saturated heterocycles. The quantitative estimate of drug-likeness (QED) is 0.289. The highest BCUT2D eigenvalue weighted by Crippen LogP contribution is 2.30. The summed E-state index contributed by atoms with van der Waals surface area (Å²) in [6.07, 6.45) is -1.14. The molecule has 0 aliphatic carbocycles. The molecule has 0 atom stereocenters. The number of ether oxygens (including phenoxy) is 3. The lowest BCUT2D eigenvalue weighted by Crippen LogP contribution is -2.15. The first-order valence-electron chi connectivity index (χ1n) is 9.75. The minimum Gasteiger partial charge on any atom is -0.454 e. The Hall–Kier alpha value is -3.27. The van der Waals surface area contributed by atoms with Gasteiger partial charge in [0.2, 0.25) is 6.79 Å². The molecule has 0 aliphatic rings. The van der Waals surface area contributed by atoms with Crippen molar-refractivity contribution in [1.82, 2.24) is 9.78 Å². The Morgan fingerprint density at radius 1 is 1.20 bits per heavy atom. The molecule has 0 radical (unpaired) electrons. The normalized spacial score (nSPS) is 12.2. The summed E-state index contributed by atoms with van der Waals surface area (Å²) in [5, 5.41) is 14.2. The number of benzene rings is 1. The Balaban J connectivity index is 2.42. The molecule has 1 aromatic heterocycles. The second-order valence-corrected chi connectivity index (χ2v) is 8.26. The van der Waals surface area contributed by atoms with Crippen LogP contribution in [0.3, 0.4) is 0 Å². The number of allylic oxidation sites excluding steroid dienone is 1. The van der Waals surface area contributed by atoms with Gasteiger partial charge in [0.25, 0.3) is 0 Å². The molecule has 0 amide bonds. The molecule has 0 saturated carbocycles. The number of aromatic nitrogens is 2. The highest BCUT2D eigenvalue weighted by Gasteiger charge is 2.20. The van der Waals surface area contributed by atoms with Crippen molar-refractivity contribution in [2.75, 3.05) is 6.79 Å². The number of hydrogen-bond donors (Lipinski definition) is 0. The van der Waals surface area contributed by atoms with E-state index in [2.05, 4.69) is 31.9 Å². The van der Waals surface area contributed by atoms with Gasteiger partial charge in [-0.25, -0.2) is 4.79 Å². The molecule has 2 aromatic rings. The van der Waals surface area contributed by atoms with Crippen LogP contribution in [0.2, 0.25) is 0 Å². The zero-order chi connectivity index (χ0) is 22.5. The van der Waals surface area contributed by atoms with Crippen LogP contribution in [0, 0.1) is 18.3 Å². The lowest BCUT2D eigenvalue weighted by atomic mass is 9.86. The highest BCUT2D eigenvalue weighted by molar-refractivity contribution is 5.94. The summed E-state index contributed by atoms with van der Waals surface area (Å²) in [6.45, 7) is 11.3. The number of rotatable bonds is 6. The first-order chi connectivity index (χ1) is 14.0. The molecule has 0 spiro atoms. The molecule has 0 N–H and O–H groups in total. The van der Waals surface area contributed by atoms with Crippen LogP contribution in [-0.2, 0) is 26.7 Å². The Labute approximate surface area is 177 Å². The van der Waals surface area contributed by atoms with E-state index in [0.29, 0.717) is 16.8 Å². The smallest absolute Gasteiger partial charge is 0.454 e. The number of hydrogen-bond acceptors (Lipinski definition) is 6. The van der Waals surface area contributed by atoms with E-state index in [1.165, 1.54) is 0 Å². The number of carbonyl (C=O) groups excluding carboxylic acids is 1. The molecule has 1 aromatic carbocycles. The van der Waals surface area contributed by atoms with Gasteiger partial charge in [-0.15, -0.1) is 0 Å². The predicted molar refractivity (Wildman–Crippen MR) is 114 cm³/mol. The average Bonchev–Trinajstić information content (AvgIpc) is 2.98. The van der Waals surface area contributed by atoms with Gasteiger partial charge < -0.3 is 14.2 Å². The zero-order valence-electron chi connectivity index (χ0n) is 18.6. The third-order valence-electron chi connectivity index (χ3n) is 4.33. The maximum Gasteiger partial charge on any atom is 0.511 e. The summed E-state index contributed by atoms with van der Waals surface area (Å²) in [6, 6.07) is 11.8. The molecule has 0 aliphatic heterocycles. The largest absolute Gasteiger partial charge is 0.511 e. The second kappa shape index (κ2) is 9.49. The molecule has 0 unspecified atom stereocenters. The summed E-state index contributed by atoms with van der Waals surface area (Å²) >= 11 is 0. The molecular formula is C23H29N3O4. The van der Waals surface area contributed by atoms with Gasteiger partial charge in [-0.05, 0) is 43.4 Å². The maximum absolute atomic E-state index is 11.7. The van der Waals surface area contributed by atoms with E-state index < -0.39 is 12.9 Å². The first kappa shape index (κ1) is 23.0. The van der Waals surface area contributed by atoms with Crippen molar-refractivity contribution in [1.29, 1.82) is 5.26 Å². The van der Waals surface area contributed by atoms with E-state index in [-0.39, 0.29) is 17.3 Å². The van der Waals surface area contributed by atoms with Gasteiger partial charge in [0.15, 0.2) is 5.76 Å². The first-order valence-corrected chi connectivity index (χ1v) is 9.75. The Kier molecular flexibility index (Phi) is 7.28. The standard InChI is InChI=1S/C23H29N3O4/c1-15(2)30-22(27)29-14-28-21(20-12-16(3)25-26(20)7)19(13-24)17-8-10-18(11-9-17)23(4,5)6/h8-12,15H,14H2,1-7H3/b21-19-. The van der Waals surface area contributed by atoms with E-state index in [9.17, 15) is 10.1 Å². The third-order valence-corrected chi connectivity index (χ3v) is 4.33. The van der Waals surface area contributed by atoms with Crippen molar-refractivity contribution in [3.8, 4) is 6.07 Å². The zero-order valence-corrected chi connectivity index (χ0v) is 18.6. The Morgan fingerprint density at radius 3 is 2.30 bits per heavy atom. The van der Waals surface area contributed by atoms with Gasteiger partial charge in [-0.3, -0.25) is 4.68 Å². The minimum absolute atomic E-state index is 0.00184. The SMILES string of the molecule is Cc1cc(/C(OCOC(=O)OC(C)C)=C(\C#N)c2ccc(C(C)(C)C)cc2)n(C)n1. The van der Waals surface area contributed by atoms with E-state index in [0.717, 1.165) is 11.3 Å². The van der Waals surface area contributed by atoms with Crippen molar-refractivity contribution < 1.29 is 19.0 Å². The van der Waals surface area contributed by atoms with Crippen molar-refractivity contribution >= 4 is 17.5 Å². The van der Waals surface area contributed by atoms with Crippen molar-refractivity contribution in [2.45, 2.75) is 53.1 Å². The van der Waals surface area contributed by atoms with Gasteiger partial charge in [-0.1, -0.05) is 45.0 Å². The predicted octanol–water partition coefficient (Wildman–Crippen LogP) is 4.95. The van der Waals surface area contributed by atoms with E-state index in [4.69, 9.17) is 14.2 Å². The molecular weight excluding hydrogens is 382 g/mol. The van der Waals surface area contributed by atoms with Crippen LogP contribution in [0.4, 0.5) is 4.79 Å². The van der Waals surface area contributed by atoms with Crippen molar-refractivity contribution in [3.63, 3.8) is 0 Å². The summed E-state index contributed by atoms with van der Waals surface area (Å²) in [7, 11) is 1.76. The Bertz CT molecular complexity index is 958. The van der Waals surface area contributed by atoms with Crippen LogP contribution in [0.5, 0.6) is 0 Å². The van der Waals surface area contributed by atoms with E-state index in [1.54, 1.807) is 25.6 Å². The number of carbonyl (C=O) groups is 1. The van der Waals surface area contributed by atoms with Crippen LogP contribution in [-0.4, -0.2) is 28.8 Å². The van der Waals surface area contributed by atoms with E-state index >= 15 is 0 Å². The lowest BCUT2D eigenvalue weighted by Gasteiger charge is -2.19. The second-order valence-electron chi connectivity index (χ2n) is 8.26. The van der Waals surface area contributed by atoms with Gasteiger partial charge in [0.1, 0.15) is 17.3 Å². The van der Waals surface area contributed by atoms with Crippen LogP contribution in [0.1, 0.15) is 57.1 Å². The summed E-state index contributed by atoms with van der Waals surface area (Å²) in [5.74, 6) is 0.279. The number of nitrogens with zero attached hydrogens (tertiary/aromatic N) is 3. The molecule has 0 bridgehead atoms. The van der Waals surface area contributed by atoms with Crippen LogP contribution >= 0.6 is 0 Å². The Morgan fingerprint density at radius 2 is 1.83 bits per heavy atom. The molecule has 0 fully saturated rings. The van der Waals surface area contributed by atoms with Gasteiger partial charge >= 0.3 is 6.16 Å². The molecule has 1 heterocycles. The number of nitriles is 1. The third kappa shape index (κ3) is 5.86. The molecule has 160 valence electrons. The van der Waals surface area contributed by atoms with Crippen LogP contribution in [0.25, 0.3) is 11.3 Å². The molecule has 30 heavy (non-hydrogen) atoms. The average molecular weight is 412 g/mol. The van der Waals surface area contributed by atoms with Crippen LogP contribution in [0.15, 0.2) is 30.3 Å². The summed E-state index contributed by atoms with van der Waals surface area (Å²) in [4.78, 5) is 11.7. The minimum atomic E-state index is -0.835. The fourth-order valence-corrected chi connectivity index (χ4v) is 2.84. The van der Waals surface area contributed by atoms with Gasteiger partial charge in [-0.2, -0.15) is 10.4 Å². The molecule has 2 rings (SSSR count). The van der Waals surface area contributed by atoms with Gasteiger partial charge in [0, 0.05) is 7.05 Å². The van der Waals surface area contributed by atoms with Crippen molar-refractivity contribution in [2.24, 2.45) is 7.05 Å². The molecule has 7 heteroatoms. The van der Waals surface area contributed by atoms with Crippen molar-refractivity contribution in [3.05, 3.63) is 52.8 Å². The fraction of sp³-hybridized carbons (Fsp3) is 0.435. The lowest BCUT2D eigenvalue weighted by molar-refractivity contribution is -0.0171. The highest BCUT2D eigenvalue weighted by atomic mass is 16.8. The maximum atomic E-state index is 11.7. The summed E-state index contributed by atoms with van der Waals surface area (Å²) < 4.78 is 17.3. The molecule has 7 nitrogen and oxygen atoms in total. The fourth-order valence-electron chi connectivity index (χ4n) is 2.84.